The van der Waals surface area contributed by atoms with Crippen molar-refractivity contribution in [3.8, 4) is 5.75 Å². The Balaban J connectivity index is 1.93. The average molecular weight is 339 g/mol. The number of ether oxygens (including phenoxy) is 2. The van der Waals surface area contributed by atoms with Gasteiger partial charge >= 0.3 is 5.69 Å². The zero-order valence-corrected chi connectivity index (χ0v) is 13.3. The van der Waals surface area contributed by atoms with Crippen LogP contribution in [0, 0.1) is 10.1 Å². The monoisotopic (exact) mass is 339 g/mol. The lowest BCUT2D eigenvalue weighted by Gasteiger charge is -2.26. The van der Waals surface area contributed by atoms with Crippen molar-refractivity contribution in [1.82, 2.24) is 10.2 Å². The van der Waals surface area contributed by atoms with Gasteiger partial charge in [0.1, 0.15) is 6.61 Å². The summed E-state index contributed by atoms with van der Waals surface area (Å²) in [5.74, 6) is -0.359. The average Bonchev–Trinajstić information content (AvgIpc) is 2.60. The fraction of sp³-hybridized carbons (Fsp3) is 0.533. The van der Waals surface area contributed by atoms with Crippen LogP contribution < -0.4 is 10.1 Å². The van der Waals surface area contributed by atoms with E-state index in [0.29, 0.717) is 19.8 Å². The Morgan fingerprint density at radius 2 is 2.17 bits per heavy atom. The molecule has 2 rings (SSSR count). The number of nitrogens with one attached hydrogen (secondary N) is 1. The van der Waals surface area contributed by atoms with Gasteiger partial charge in [0.25, 0.3) is 5.91 Å². The van der Waals surface area contributed by atoms with Crippen LogP contribution in [0.1, 0.15) is 10.4 Å². The molecule has 1 heterocycles. The summed E-state index contributed by atoms with van der Waals surface area (Å²) in [5, 5.41) is 22.5. The fourth-order valence-electron chi connectivity index (χ4n) is 2.33. The number of carbonyl (C=O) groups excluding carboxylic acids is 1. The zero-order chi connectivity index (χ0) is 17.4. The third-order valence-corrected chi connectivity index (χ3v) is 3.58. The molecule has 24 heavy (non-hydrogen) atoms. The fourth-order valence-corrected chi connectivity index (χ4v) is 2.33. The molecule has 132 valence electrons. The van der Waals surface area contributed by atoms with E-state index in [1.165, 1.54) is 18.2 Å². The van der Waals surface area contributed by atoms with Crippen molar-refractivity contribution >= 4 is 11.6 Å². The molecule has 0 aliphatic carbocycles. The van der Waals surface area contributed by atoms with Crippen molar-refractivity contribution in [2.45, 2.75) is 0 Å². The number of nitro groups is 1. The number of rotatable bonds is 8. The van der Waals surface area contributed by atoms with Gasteiger partial charge in [0.15, 0.2) is 5.75 Å². The first-order valence-electron chi connectivity index (χ1n) is 7.72. The molecule has 1 aliphatic heterocycles. The molecule has 1 amide bonds. The lowest BCUT2D eigenvalue weighted by molar-refractivity contribution is -0.385. The van der Waals surface area contributed by atoms with Gasteiger partial charge in [0.05, 0.1) is 24.7 Å². The molecular formula is C15H21N3O6. The standard InChI is InChI=1S/C15H21N3O6/c19-7-10-24-14-11-12(1-2-13(14)18(21)22)15(20)16-3-4-17-5-8-23-9-6-17/h1-2,11,19H,3-10H2,(H,16,20). The molecule has 0 radical (unpaired) electrons. The normalized spacial score (nSPS) is 15.0. The van der Waals surface area contributed by atoms with Gasteiger partial charge in [-0.15, -0.1) is 0 Å². The van der Waals surface area contributed by atoms with Crippen LogP contribution in [0.3, 0.4) is 0 Å². The van der Waals surface area contributed by atoms with Gasteiger partial charge in [0.2, 0.25) is 0 Å². The first-order valence-corrected chi connectivity index (χ1v) is 7.72. The highest BCUT2D eigenvalue weighted by molar-refractivity contribution is 5.95. The van der Waals surface area contributed by atoms with Gasteiger partial charge in [0, 0.05) is 43.9 Å². The number of nitrogens with zero attached hydrogens (tertiary/aromatic N) is 2. The Labute approximate surface area is 139 Å². The van der Waals surface area contributed by atoms with E-state index in [4.69, 9.17) is 14.6 Å². The van der Waals surface area contributed by atoms with Gasteiger partial charge in [-0.2, -0.15) is 0 Å². The first kappa shape index (κ1) is 18.1. The number of amides is 1. The molecule has 9 heteroatoms. The molecule has 2 N–H and O–H groups in total. The van der Waals surface area contributed by atoms with E-state index in [1.54, 1.807) is 0 Å². The highest BCUT2D eigenvalue weighted by Gasteiger charge is 2.18. The number of aliphatic hydroxyl groups is 1. The maximum absolute atomic E-state index is 12.2. The Morgan fingerprint density at radius 1 is 1.42 bits per heavy atom. The van der Waals surface area contributed by atoms with Crippen molar-refractivity contribution in [3.63, 3.8) is 0 Å². The second-order valence-electron chi connectivity index (χ2n) is 5.22. The van der Waals surface area contributed by atoms with Crippen LogP contribution in [0.4, 0.5) is 5.69 Å². The molecule has 9 nitrogen and oxygen atoms in total. The maximum Gasteiger partial charge on any atom is 0.310 e. The van der Waals surface area contributed by atoms with Crippen LogP contribution in [0.2, 0.25) is 0 Å². The third kappa shape index (κ3) is 5.15. The summed E-state index contributed by atoms with van der Waals surface area (Å²) in [7, 11) is 0. The number of aliphatic hydroxyl groups excluding tert-OH is 1. The van der Waals surface area contributed by atoms with E-state index < -0.39 is 4.92 Å². The van der Waals surface area contributed by atoms with Gasteiger partial charge in [-0.3, -0.25) is 19.8 Å². The number of carbonyl (C=O) groups is 1. The predicted molar refractivity (Wildman–Crippen MR) is 85.3 cm³/mol. The predicted octanol–water partition coefficient (Wildman–Crippen LogP) is 0.0279. The highest BCUT2D eigenvalue weighted by atomic mass is 16.6. The Morgan fingerprint density at radius 3 is 2.83 bits per heavy atom. The summed E-state index contributed by atoms with van der Waals surface area (Å²) in [6.45, 7) is 3.91. The van der Waals surface area contributed by atoms with Crippen LogP contribution >= 0.6 is 0 Å². The number of benzene rings is 1. The summed E-state index contributed by atoms with van der Waals surface area (Å²) in [5.41, 5.74) is 0.0313. The van der Waals surface area contributed by atoms with Crippen molar-refractivity contribution in [2.75, 3.05) is 52.6 Å². The van der Waals surface area contributed by atoms with Crippen LogP contribution in [0.5, 0.6) is 5.75 Å². The number of morpholine rings is 1. The molecule has 0 spiro atoms. The summed E-state index contributed by atoms with van der Waals surface area (Å²) >= 11 is 0. The minimum Gasteiger partial charge on any atom is -0.484 e. The van der Waals surface area contributed by atoms with Crippen molar-refractivity contribution in [1.29, 1.82) is 0 Å². The maximum atomic E-state index is 12.2. The Kier molecular flexibility index (Phi) is 6.91. The highest BCUT2D eigenvalue weighted by Crippen LogP contribution is 2.27. The second-order valence-corrected chi connectivity index (χ2v) is 5.22. The van der Waals surface area contributed by atoms with Gasteiger partial charge in [-0.25, -0.2) is 0 Å². The Hall–Kier alpha value is -2.23. The molecule has 1 fully saturated rings. The van der Waals surface area contributed by atoms with Crippen LogP contribution in [0.25, 0.3) is 0 Å². The molecule has 1 aromatic carbocycles. The largest absolute Gasteiger partial charge is 0.484 e. The van der Waals surface area contributed by atoms with E-state index in [1.807, 2.05) is 0 Å². The minimum atomic E-state index is -0.590. The lowest BCUT2D eigenvalue weighted by atomic mass is 10.1. The number of nitro benzene ring substituents is 1. The SMILES string of the molecule is O=C(NCCN1CCOCC1)c1ccc([N+](=O)[O-])c(OCCO)c1. The molecular weight excluding hydrogens is 318 g/mol. The third-order valence-electron chi connectivity index (χ3n) is 3.58. The van der Waals surface area contributed by atoms with Crippen molar-refractivity contribution in [2.24, 2.45) is 0 Å². The van der Waals surface area contributed by atoms with Gasteiger partial charge in [-0.05, 0) is 6.07 Å². The van der Waals surface area contributed by atoms with E-state index in [2.05, 4.69) is 10.2 Å². The van der Waals surface area contributed by atoms with Crippen LogP contribution in [-0.2, 0) is 4.74 Å². The first-order chi connectivity index (χ1) is 11.6. The molecule has 0 bridgehead atoms. The van der Waals surface area contributed by atoms with E-state index in [9.17, 15) is 14.9 Å². The van der Waals surface area contributed by atoms with E-state index >= 15 is 0 Å². The topological polar surface area (TPSA) is 114 Å². The molecule has 1 aromatic rings. The molecule has 0 atom stereocenters. The summed E-state index contributed by atoms with van der Waals surface area (Å²) in [6.07, 6.45) is 0. The molecule has 1 aliphatic rings. The number of hydrogen-bond donors (Lipinski definition) is 2. The molecule has 0 saturated carbocycles. The Bertz CT molecular complexity index is 574. The second kappa shape index (κ2) is 9.16. The molecule has 1 saturated heterocycles. The quantitative estimate of drug-likeness (QED) is 0.507. The van der Waals surface area contributed by atoms with Crippen LogP contribution in [-0.4, -0.2) is 73.4 Å². The van der Waals surface area contributed by atoms with Crippen molar-refractivity contribution < 1.29 is 24.3 Å². The van der Waals surface area contributed by atoms with Gasteiger partial charge in [-0.1, -0.05) is 0 Å². The molecule has 0 aromatic heterocycles. The zero-order valence-electron chi connectivity index (χ0n) is 13.3. The van der Waals surface area contributed by atoms with E-state index in [0.717, 1.165) is 19.6 Å². The summed E-state index contributed by atoms with van der Waals surface area (Å²) < 4.78 is 10.4. The molecule has 0 unspecified atom stereocenters. The van der Waals surface area contributed by atoms with Crippen molar-refractivity contribution in [3.05, 3.63) is 33.9 Å². The van der Waals surface area contributed by atoms with E-state index in [-0.39, 0.29) is 36.1 Å². The van der Waals surface area contributed by atoms with Crippen LogP contribution in [0.15, 0.2) is 18.2 Å². The summed E-state index contributed by atoms with van der Waals surface area (Å²) in [6, 6.07) is 3.93. The summed E-state index contributed by atoms with van der Waals surface area (Å²) in [4.78, 5) is 24.7. The smallest absolute Gasteiger partial charge is 0.310 e. The minimum absolute atomic E-state index is 0.0325. The number of hydrogen-bond acceptors (Lipinski definition) is 7. The van der Waals surface area contributed by atoms with Gasteiger partial charge < -0.3 is 19.9 Å². The lowest BCUT2D eigenvalue weighted by Crippen LogP contribution is -2.41.